The highest BCUT2D eigenvalue weighted by molar-refractivity contribution is 6.12. The standard InChI is InChI=1S/C32H48O4/c1-7-13-17-23-31(9-3,10-4)35-29(33)27-22-21-25-19-15-16-20-26(25)28(27)30(34)36-32(11-5,12-6)24-18-14-8-2/h15-16,19-22H,7-14,17-18,23-24H2,1-6H3. The van der Waals surface area contributed by atoms with Crippen LogP contribution >= 0.6 is 0 Å². The zero-order valence-corrected chi connectivity index (χ0v) is 23.6. The lowest BCUT2D eigenvalue weighted by Crippen LogP contribution is -2.36. The minimum absolute atomic E-state index is 0.301. The van der Waals surface area contributed by atoms with Crippen LogP contribution in [0.1, 0.15) is 139 Å². The number of benzene rings is 2. The molecule has 0 bridgehead atoms. The number of carbonyl (C=O) groups is 2. The van der Waals surface area contributed by atoms with Gasteiger partial charge in [-0.1, -0.05) is 97.6 Å². The topological polar surface area (TPSA) is 52.6 Å². The van der Waals surface area contributed by atoms with E-state index in [1.165, 1.54) is 0 Å². The molecule has 0 spiro atoms. The van der Waals surface area contributed by atoms with Gasteiger partial charge in [-0.3, -0.25) is 0 Å². The van der Waals surface area contributed by atoms with Crippen molar-refractivity contribution in [2.45, 2.75) is 130 Å². The Morgan fingerprint density at radius 1 is 0.639 bits per heavy atom. The van der Waals surface area contributed by atoms with Crippen molar-refractivity contribution in [1.29, 1.82) is 0 Å². The van der Waals surface area contributed by atoms with Gasteiger partial charge in [-0.05, 0) is 68.2 Å². The Hall–Kier alpha value is -2.36. The summed E-state index contributed by atoms with van der Waals surface area (Å²) in [6, 6.07) is 11.3. The number of hydrogen-bond donors (Lipinski definition) is 0. The maximum absolute atomic E-state index is 13.8. The van der Waals surface area contributed by atoms with Crippen LogP contribution in [0.4, 0.5) is 0 Å². The summed E-state index contributed by atoms with van der Waals surface area (Å²) in [6.07, 6.45) is 11.1. The van der Waals surface area contributed by atoms with Crippen molar-refractivity contribution in [1.82, 2.24) is 0 Å². The molecule has 0 N–H and O–H groups in total. The summed E-state index contributed by atoms with van der Waals surface area (Å²) < 4.78 is 12.5. The molecule has 0 unspecified atom stereocenters. The zero-order valence-electron chi connectivity index (χ0n) is 23.6. The predicted molar refractivity (Wildman–Crippen MR) is 150 cm³/mol. The highest BCUT2D eigenvalue weighted by Gasteiger charge is 2.35. The molecule has 0 saturated heterocycles. The van der Waals surface area contributed by atoms with Crippen molar-refractivity contribution < 1.29 is 19.1 Å². The predicted octanol–water partition coefficient (Wildman–Crippen LogP) is 9.43. The van der Waals surface area contributed by atoms with Crippen molar-refractivity contribution in [3.63, 3.8) is 0 Å². The Bertz CT molecular complexity index is 969. The van der Waals surface area contributed by atoms with Crippen LogP contribution < -0.4 is 0 Å². The maximum Gasteiger partial charge on any atom is 0.340 e. The summed E-state index contributed by atoms with van der Waals surface area (Å²) in [5.74, 6) is -0.860. The van der Waals surface area contributed by atoms with Gasteiger partial charge in [0.1, 0.15) is 11.2 Å². The van der Waals surface area contributed by atoms with E-state index in [-0.39, 0.29) is 0 Å². The van der Waals surface area contributed by atoms with Crippen molar-refractivity contribution in [3.05, 3.63) is 47.5 Å². The van der Waals surface area contributed by atoms with E-state index in [1.54, 1.807) is 6.07 Å². The smallest absolute Gasteiger partial charge is 0.340 e. The fraction of sp³-hybridized carbons (Fsp3) is 0.625. The minimum Gasteiger partial charge on any atom is -0.455 e. The molecule has 2 aromatic rings. The van der Waals surface area contributed by atoms with Gasteiger partial charge in [0, 0.05) is 0 Å². The molecule has 4 heteroatoms. The molecule has 0 aliphatic carbocycles. The Morgan fingerprint density at radius 3 is 1.64 bits per heavy atom. The summed E-state index contributed by atoms with van der Waals surface area (Å²) >= 11 is 0. The Kier molecular flexibility index (Phi) is 11.9. The summed E-state index contributed by atoms with van der Waals surface area (Å²) in [5.41, 5.74) is -0.415. The normalized spacial score (nSPS) is 12.1. The lowest BCUT2D eigenvalue weighted by molar-refractivity contribution is -0.0325. The van der Waals surface area contributed by atoms with E-state index in [0.717, 1.165) is 87.8 Å². The molecule has 0 amide bonds. The van der Waals surface area contributed by atoms with Gasteiger partial charge in [0.15, 0.2) is 0 Å². The lowest BCUT2D eigenvalue weighted by atomic mass is 9.89. The molecule has 0 radical (unpaired) electrons. The summed E-state index contributed by atoms with van der Waals surface area (Å²) in [5, 5.41) is 1.64. The molecule has 2 aromatic carbocycles. The first-order valence-corrected chi connectivity index (χ1v) is 14.3. The number of carbonyl (C=O) groups excluding carboxylic acids is 2. The molecule has 0 atom stereocenters. The van der Waals surface area contributed by atoms with Crippen LogP contribution in [0.25, 0.3) is 10.8 Å². The third-order valence-electron chi connectivity index (χ3n) is 8.02. The van der Waals surface area contributed by atoms with E-state index in [4.69, 9.17) is 9.47 Å². The number of esters is 2. The number of hydrogen-bond acceptors (Lipinski definition) is 4. The van der Waals surface area contributed by atoms with Gasteiger partial charge in [-0.15, -0.1) is 0 Å². The summed E-state index contributed by atoms with van der Waals surface area (Å²) in [4.78, 5) is 27.5. The van der Waals surface area contributed by atoms with Gasteiger partial charge in [0.2, 0.25) is 0 Å². The maximum atomic E-state index is 13.8. The van der Waals surface area contributed by atoms with E-state index in [2.05, 4.69) is 41.5 Å². The first-order valence-electron chi connectivity index (χ1n) is 14.3. The van der Waals surface area contributed by atoms with Gasteiger partial charge in [0.05, 0.1) is 11.1 Å². The molecule has 0 aliphatic heterocycles. The molecule has 0 heterocycles. The van der Waals surface area contributed by atoms with E-state index in [0.29, 0.717) is 11.1 Å². The van der Waals surface area contributed by atoms with Crippen LogP contribution in [-0.4, -0.2) is 23.1 Å². The van der Waals surface area contributed by atoms with Gasteiger partial charge < -0.3 is 9.47 Å². The lowest BCUT2D eigenvalue weighted by Gasteiger charge is -2.33. The minimum atomic E-state index is -0.527. The highest BCUT2D eigenvalue weighted by Crippen LogP contribution is 2.34. The highest BCUT2D eigenvalue weighted by atomic mass is 16.6. The van der Waals surface area contributed by atoms with Crippen LogP contribution in [0.3, 0.4) is 0 Å². The van der Waals surface area contributed by atoms with Crippen LogP contribution in [0.2, 0.25) is 0 Å². The first-order chi connectivity index (χ1) is 17.3. The van der Waals surface area contributed by atoms with E-state index >= 15 is 0 Å². The van der Waals surface area contributed by atoms with Gasteiger partial charge in [-0.25, -0.2) is 9.59 Å². The number of fused-ring (bicyclic) bond motifs is 1. The first kappa shape index (κ1) is 29.9. The second kappa shape index (κ2) is 14.4. The average molecular weight is 497 g/mol. The van der Waals surface area contributed by atoms with E-state index in [9.17, 15) is 9.59 Å². The third-order valence-corrected chi connectivity index (χ3v) is 8.02. The summed E-state index contributed by atoms with van der Waals surface area (Å²) in [7, 11) is 0. The van der Waals surface area contributed by atoms with Crippen molar-refractivity contribution in [2.75, 3.05) is 0 Å². The third kappa shape index (κ3) is 7.33. The molecular weight excluding hydrogens is 448 g/mol. The number of ether oxygens (including phenoxy) is 2. The molecule has 0 saturated carbocycles. The fourth-order valence-electron chi connectivity index (χ4n) is 5.15. The van der Waals surface area contributed by atoms with Crippen molar-refractivity contribution in [3.8, 4) is 0 Å². The van der Waals surface area contributed by atoms with Crippen LogP contribution in [0, 0.1) is 0 Å². The van der Waals surface area contributed by atoms with E-state index < -0.39 is 23.1 Å². The Labute approximate surface area is 219 Å². The fourth-order valence-corrected chi connectivity index (χ4v) is 5.15. The van der Waals surface area contributed by atoms with Crippen LogP contribution in [0.15, 0.2) is 36.4 Å². The van der Waals surface area contributed by atoms with E-state index in [1.807, 2.05) is 30.3 Å². The average Bonchev–Trinajstić information content (AvgIpc) is 2.91. The van der Waals surface area contributed by atoms with Crippen LogP contribution in [0.5, 0.6) is 0 Å². The zero-order chi connectivity index (χ0) is 26.6. The largest absolute Gasteiger partial charge is 0.455 e. The molecule has 0 aliphatic rings. The monoisotopic (exact) mass is 496 g/mol. The van der Waals surface area contributed by atoms with Crippen molar-refractivity contribution >= 4 is 22.7 Å². The second-order valence-electron chi connectivity index (χ2n) is 10.2. The molecule has 0 aromatic heterocycles. The number of unbranched alkanes of at least 4 members (excludes halogenated alkanes) is 4. The molecule has 4 nitrogen and oxygen atoms in total. The Morgan fingerprint density at radius 2 is 1.14 bits per heavy atom. The molecular formula is C32H48O4. The second-order valence-corrected chi connectivity index (χ2v) is 10.2. The number of rotatable bonds is 16. The van der Waals surface area contributed by atoms with Gasteiger partial charge in [-0.2, -0.15) is 0 Å². The molecule has 200 valence electrons. The van der Waals surface area contributed by atoms with Gasteiger partial charge in [0.25, 0.3) is 0 Å². The SMILES string of the molecule is CCCCCC(CC)(CC)OC(=O)c1ccc2ccccc2c1C(=O)OC(CC)(CC)CCCCC. The van der Waals surface area contributed by atoms with Crippen LogP contribution in [-0.2, 0) is 9.47 Å². The van der Waals surface area contributed by atoms with Crippen molar-refractivity contribution in [2.24, 2.45) is 0 Å². The Balaban J connectivity index is 2.48. The quantitative estimate of drug-likeness (QED) is 0.171. The summed E-state index contributed by atoms with van der Waals surface area (Å²) in [6.45, 7) is 12.7. The van der Waals surface area contributed by atoms with Gasteiger partial charge >= 0.3 is 11.9 Å². The molecule has 36 heavy (non-hydrogen) atoms. The molecule has 2 rings (SSSR count). The molecule has 0 fully saturated rings.